The summed E-state index contributed by atoms with van der Waals surface area (Å²) in [5.41, 5.74) is -0.687. The molecule has 0 aromatic rings. The molecule has 5 nitrogen and oxygen atoms in total. The molecule has 0 radical (unpaired) electrons. The minimum Gasteiger partial charge on any atom is -0.481 e. The van der Waals surface area contributed by atoms with Gasteiger partial charge < -0.3 is 19.8 Å². The number of likely N-dealkylation sites (tertiary alicyclic amines) is 1. The van der Waals surface area contributed by atoms with Crippen LogP contribution in [0.15, 0.2) is 0 Å². The second kappa shape index (κ2) is 6.20. The standard InChI is InChI=1S/C14H25NO4/c1-19-9-11-4-7-15(8-11)10-14(18)5-2-12(3-6-14)13(16)17/h11-12,18H,2-10H2,1H3,(H,16,17). The molecule has 1 unspecified atom stereocenters. The topological polar surface area (TPSA) is 70.0 Å². The number of carbonyl (C=O) groups is 1. The third kappa shape index (κ3) is 3.91. The lowest BCUT2D eigenvalue weighted by Gasteiger charge is -2.37. The summed E-state index contributed by atoms with van der Waals surface area (Å²) in [4.78, 5) is 13.2. The van der Waals surface area contributed by atoms with Crippen LogP contribution in [-0.2, 0) is 9.53 Å². The van der Waals surface area contributed by atoms with Gasteiger partial charge in [-0.1, -0.05) is 0 Å². The average molecular weight is 271 g/mol. The highest BCUT2D eigenvalue weighted by Gasteiger charge is 2.38. The van der Waals surface area contributed by atoms with Crippen molar-refractivity contribution in [1.82, 2.24) is 4.90 Å². The van der Waals surface area contributed by atoms with E-state index in [0.717, 1.165) is 26.1 Å². The first-order valence-electron chi connectivity index (χ1n) is 7.19. The summed E-state index contributed by atoms with van der Waals surface area (Å²) in [6, 6.07) is 0. The highest BCUT2D eigenvalue weighted by molar-refractivity contribution is 5.70. The zero-order chi connectivity index (χ0) is 13.9. The van der Waals surface area contributed by atoms with E-state index in [1.807, 2.05) is 0 Å². The van der Waals surface area contributed by atoms with Crippen LogP contribution in [-0.4, -0.2) is 60.0 Å². The number of hydrogen-bond donors (Lipinski definition) is 2. The predicted octanol–water partition coefficient (Wildman–Crippen LogP) is 0.961. The third-order valence-electron chi connectivity index (χ3n) is 4.56. The molecule has 5 heteroatoms. The molecule has 0 spiro atoms. The Kier molecular flexibility index (Phi) is 4.81. The van der Waals surface area contributed by atoms with Gasteiger partial charge in [-0.3, -0.25) is 4.79 Å². The van der Waals surface area contributed by atoms with Crippen molar-refractivity contribution in [3.8, 4) is 0 Å². The molecular weight excluding hydrogens is 246 g/mol. The lowest BCUT2D eigenvalue weighted by atomic mass is 9.78. The highest BCUT2D eigenvalue weighted by Crippen LogP contribution is 2.34. The molecule has 1 heterocycles. The maximum atomic E-state index is 10.9. The second-order valence-electron chi connectivity index (χ2n) is 6.18. The van der Waals surface area contributed by atoms with Crippen molar-refractivity contribution in [3.63, 3.8) is 0 Å². The van der Waals surface area contributed by atoms with Crippen LogP contribution >= 0.6 is 0 Å². The van der Waals surface area contributed by atoms with Gasteiger partial charge in [-0.15, -0.1) is 0 Å². The minimum atomic E-state index is -0.719. The number of methoxy groups -OCH3 is 1. The summed E-state index contributed by atoms with van der Waals surface area (Å²) in [5.74, 6) is -0.410. The fourth-order valence-corrected chi connectivity index (χ4v) is 3.40. The largest absolute Gasteiger partial charge is 0.481 e. The predicted molar refractivity (Wildman–Crippen MR) is 71.0 cm³/mol. The quantitative estimate of drug-likeness (QED) is 0.779. The monoisotopic (exact) mass is 271 g/mol. The van der Waals surface area contributed by atoms with Gasteiger partial charge in [0.15, 0.2) is 0 Å². The van der Waals surface area contributed by atoms with Crippen LogP contribution < -0.4 is 0 Å². The van der Waals surface area contributed by atoms with Gasteiger partial charge >= 0.3 is 5.97 Å². The Hall–Kier alpha value is -0.650. The van der Waals surface area contributed by atoms with E-state index < -0.39 is 11.6 Å². The number of nitrogens with zero attached hydrogens (tertiary/aromatic N) is 1. The van der Waals surface area contributed by atoms with Crippen molar-refractivity contribution in [3.05, 3.63) is 0 Å². The van der Waals surface area contributed by atoms with E-state index in [1.165, 1.54) is 0 Å². The van der Waals surface area contributed by atoms with Crippen molar-refractivity contribution in [2.75, 3.05) is 33.4 Å². The summed E-state index contributed by atoms with van der Waals surface area (Å²) in [6.07, 6.45) is 3.54. The Labute approximate surface area is 114 Å². The molecular formula is C14H25NO4. The minimum absolute atomic E-state index is 0.264. The fraction of sp³-hybridized carbons (Fsp3) is 0.929. The molecule has 110 valence electrons. The van der Waals surface area contributed by atoms with Crippen LogP contribution in [0.2, 0.25) is 0 Å². The third-order valence-corrected chi connectivity index (χ3v) is 4.56. The zero-order valence-corrected chi connectivity index (χ0v) is 11.7. The van der Waals surface area contributed by atoms with Gasteiger partial charge in [0.1, 0.15) is 0 Å². The van der Waals surface area contributed by atoms with Crippen LogP contribution in [0.5, 0.6) is 0 Å². The van der Waals surface area contributed by atoms with Crippen molar-refractivity contribution in [2.45, 2.75) is 37.7 Å². The number of carboxylic acids is 1. The summed E-state index contributed by atoms with van der Waals surface area (Å²) < 4.78 is 5.18. The van der Waals surface area contributed by atoms with E-state index in [9.17, 15) is 9.90 Å². The molecule has 1 saturated carbocycles. The molecule has 19 heavy (non-hydrogen) atoms. The maximum absolute atomic E-state index is 10.9. The number of rotatable bonds is 5. The van der Waals surface area contributed by atoms with Crippen LogP contribution in [0.4, 0.5) is 0 Å². The van der Waals surface area contributed by atoms with Crippen LogP contribution in [0.3, 0.4) is 0 Å². The van der Waals surface area contributed by atoms with E-state index in [1.54, 1.807) is 7.11 Å². The molecule has 2 rings (SSSR count). The van der Waals surface area contributed by atoms with E-state index in [2.05, 4.69) is 4.90 Å². The molecule has 2 N–H and O–H groups in total. The first-order chi connectivity index (χ1) is 9.02. The van der Waals surface area contributed by atoms with Gasteiger partial charge in [0.05, 0.1) is 18.1 Å². The number of carboxylic acid groups (broad SMARTS) is 1. The van der Waals surface area contributed by atoms with Crippen LogP contribution in [0.1, 0.15) is 32.1 Å². The van der Waals surface area contributed by atoms with Gasteiger partial charge in [-0.25, -0.2) is 0 Å². The molecule has 1 aliphatic heterocycles. The van der Waals surface area contributed by atoms with Gasteiger partial charge in [-0.05, 0) is 44.6 Å². The molecule has 0 aromatic heterocycles. The second-order valence-corrected chi connectivity index (χ2v) is 6.18. The summed E-state index contributed by atoms with van der Waals surface area (Å²) >= 11 is 0. The lowest BCUT2D eigenvalue weighted by molar-refractivity contribution is -0.145. The lowest BCUT2D eigenvalue weighted by Crippen LogP contribution is -2.45. The molecule has 1 aliphatic carbocycles. The fourth-order valence-electron chi connectivity index (χ4n) is 3.40. The first-order valence-corrected chi connectivity index (χ1v) is 7.19. The Morgan fingerprint density at radius 2 is 2.05 bits per heavy atom. The number of ether oxygens (including phenoxy) is 1. The highest BCUT2D eigenvalue weighted by atomic mass is 16.5. The van der Waals surface area contributed by atoms with E-state index in [0.29, 0.717) is 38.1 Å². The Morgan fingerprint density at radius 1 is 1.37 bits per heavy atom. The van der Waals surface area contributed by atoms with Crippen molar-refractivity contribution >= 4 is 5.97 Å². The smallest absolute Gasteiger partial charge is 0.306 e. The zero-order valence-electron chi connectivity index (χ0n) is 11.7. The van der Waals surface area contributed by atoms with Crippen LogP contribution in [0, 0.1) is 11.8 Å². The first kappa shape index (κ1) is 14.8. The van der Waals surface area contributed by atoms with Crippen molar-refractivity contribution < 1.29 is 19.7 Å². The summed E-state index contributed by atoms with van der Waals surface area (Å²) in [5, 5.41) is 19.6. The van der Waals surface area contributed by atoms with Gasteiger partial charge in [0, 0.05) is 20.2 Å². The maximum Gasteiger partial charge on any atom is 0.306 e. The molecule has 2 aliphatic rings. The molecule has 0 aromatic carbocycles. The number of aliphatic carboxylic acids is 1. The normalized spacial score (nSPS) is 36.5. The number of aliphatic hydroxyl groups is 1. The van der Waals surface area contributed by atoms with Gasteiger partial charge in [0.25, 0.3) is 0 Å². The SMILES string of the molecule is COCC1CCN(CC2(O)CCC(C(=O)O)CC2)C1. The average Bonchev–Trinajstić information content (AvgIpc) is 2.77. The van der Waals surface area contributed by atoms with E-state index >= 15 is 0 Å². The molecule has 0 bridgehead atoms. The van der Waals surface area contributed by atoms with E-state index in [4.69, 9.17) is 9.84 Å². The Bertz CT molecular complexity index is 313. The van der Waals surface area contributed by atoms with Crippen LogP contribution in [0.25, 0.3) is 0 Å². The molecule has 0 amide bonds. The van der Waals surface area contributed by atoms with Gasteiger partial charge in [0.2, 0.25) is 0 Å². The van der Waals surface area contributed by atoms with Crippen molar-refractivity contribution in [2.24, 2.45) is 11.8 Å². The molecule has 1 saturated heterocycles. The number of β-amino-alcohol motifs (C(OH)–C–C–N with tert-alkyl or cyclic N) is 1. The Morgan fingerprint density at radius 3 is 2.63 bits per heavy atom. The Balaban J connectivity index is 1.78. The molecule has 1 atom stereocenters. The number of hydrogen-bond acceptors (Lipinski definition) is 4. The van der Waals surface area contributed by atoms with Crippen molar-refractivity contribution in [1.29, 1.82) is 0 Å². The van der Waals surface area contributed by atoms with Gasteiger partial charge in [-0.2, -0.15) is 0 Å². The summed E-state index contributed by atoms with van der Waals surface area (Å²) in [6.45, 7) is 3.47. The van der Waals surface area contributed by atoms with E-state index in [-0.39, 0.29) is 5.92 Å². The molecule has 2 fully saturated rings. The summed E-state index contributed by atoms with van der Waals surface area (Å²) in [7, 11) is 1.73.